The van der Waals surface area contributed by atoms with Crippen molar-refractivity contribution in [1.82, 2.24) is 15.1 Å². The van der Waals surface area contributed by atoms with Crippen LogP contribution in [-0.2, 0) is 11.3 Å². The Morgan fingerprint density at radius 2 is 1.90 bits per heavy atom. The van der Waals surface area contributed by atoms with Crippen molar-refractivity contribution in [3.05, 3.63) is 54.0 Å². The third-order valence-electron chi connectivity index (χ3n) is 5.30. The fourth-order valence-corrected chi connectivity index (χ4v) is 4.44. The van der Waals surface area contributed by atoms with Gasteiger partial charge in [0.05, 0.1) is 24.6 Å². The molecule has 0 bridgehead atoms. The van der Waals surface area contributed by atoms with Gasteiger partial charge in [0.2, 0.25) is 5.91 Å². The molecule has 0 radical (unpaired) electrons. The second-order valence-electron chi connectivity index (χ2n) is 7.34. The average Bonchev–Trinajstić information content (AvgIpc) is 3.50. The first-order chi connectivity index (χ1) is 14.6. The van der Waals surface area contributed by atoms with Crippen molar-refractivity contribution in [2.24, 2.45) is 0 Å². The van der Waals surface area contributed by atoms with Gasteiger partial charge in [0.25, 0.3) is 5.24 Å². The number of urea groups is 1. The number of nitrogens with zero attached hydrogens (tertiary/aromatic N) is 2. The van der Waals surface area contributed by atoms with Crippen LogP contribution in [0.2, 0.25) is 0 Å². The number of thioether (sulfide) groups is 1. The molecule has 1 unspecified atom stereocenters. The lowest BCUT2D eigenvalue weighted by Crippen LogP contribution is -2.38. The summed E-state index contributed by atoms with van der Waals surface area (Å²) in [5.41, 5.74) is 1.47. The molecule has 4 amide bonds. The third kappa shape index (κ3) is 4.85. The van der Waals surface area contributed by atoms with E-state index in [1.54, 1.807) is 30.5 Å². The van der Waals surface area contributed by atoms with E-state index in [0.29, 0.717) is 12.2 Å². The first-order valence-electron chi connectivity index (χ1n) is 9.98. The van der Waals surface area contributed by atoms with E-state index in [-0.39, 0.29) is 35.5 Å². The molecule has 2 aromatic rings. The minimum atomic E-state index is -0.292. The SMILES string of the molecule is O=C(NCC(c1ccco1)N1CCCC1)Nc1ccc(CN2C(=O)CSC2=O)cc1. The number of furan rings is 1. The molecule has 3 heterocycles. The molecule has 0 aliphatic carbocycles. The lowest BCUT2D eigenvalue weighted by Gasteiger charge is -2.26. The van der Waals surface area contributed by atoms with Gasteiger partial charge in [-0.15, -0.1) is 0 Å². The van der Waals surface area contributed by atoms with Crippen molar-refractivity contribution in [2.75, 3.05) is 30.7 Å². The molecular weight excluding hydrogens is 404 g/mol. The molecule has 2 aliphatic heterocycles. The van der Waals surface area contributed by atoms with E-state index < -0.39 is 0 Å². The molecule has 158 valence electrons. The van der Waals surface area contributed by atoms with E-state index in [4.69, 9.17) is 4.42 Å². The Morgan fingerprint density at radius 1 is 1.13 bits per heavy atom. The highest BCUT2D eigenvalue weighted by Gasteiger charge is 2.29. The number of amides is 4. The minimum Gasteiger partial charge on any atom is -0.468 e. The van der Waals surface area contributed by atoms with Crippen LogP contribution in [0.3, 0.4) is 0 Å². The number of rotatable bonds is 7. The number of hydrogen-bond donors (Lipinski definition) is 2. The van der Waals surface area contributed by atoms with Crippen LogP contribution in [-0.4, -0.2) is 52.4 Å². The summed E-state index contributed by atoms with van der Waals surface area (Å²) in [7, 11) is 0. The number of hydrogen-bond acceptors (Lipinski definition) is 6. The lowest BCUT2D eigenvalue weighted by molar-refractivity contribution is -0.125. The number of likely N-dealkylation sites (tertiary alicyclic amines) is 1. The van der Waals surface area contributed by atoms with Crippen molar-refractivity contribution in [2.45, 2.75) is 25.4 Å². The molecule has 2 saturated heterocycles. The van der Waals surface area contributed by atoms with Gasteiger partial charge in [0.15, 0.2) is 0 Å². The van der Waals surface area contributed by atoms with Crippen molar-refractivity contribution >= 4 is 34.6 Å². The van der Waals surface area contributed by atoms with Gasteiger partial charge in [-0.1, -0.05) is 23.9 Å². The smallest absolute Gasteiger partial charge is 0.319 e. The maximum atomic E-state index is 12.4. The molecule has 8 nitrogen and oxygen atoms in total. The van der Waals surface area contributed by atoms with Gasteiger partial charge in [0, 0.05) is 12.2 Å². The van der Waals surface area contributed by atoms with Gasteiger partial charge in [-0.3, -0.25) is 19.4 Å². The fourth-order valence-electron chi connectivity index (χ4n) is 3.72. The molecule has 0 spiro atoms. The fraction of sp³-hybridized carbons (Fsp3) is 0.381. The van der Waals surface area contributed by atoms with E-state index in [1.807, 2.05) is 12.1 Å². The van der Waals surface area contributed by atoms with E-state index in [0.717, 1.165) is 49.0 Å². The molecule has 30 heavy (non-hydrogen) atoms. The van der Waals surface area contributed by atoms with Crippen molar-refractivity contribution in [3.8, 4) is 0 Å². The van der Waals surface area contributed by atoms with Crippen molar-refractivity contribution in [1.29, 1.82) is 0 Å². The number of benzene rings is 1. The average molecular weight is 429 g/mol. The van der Waals surface area contributed by atoms with Crippen molar-refractivity contribution in [3.63, 3.8) is 0 Å². The second-order valence-corrected chi connectivity index (χ2v) is 8.27. The maximum Gasteiger partial charge on any atom is 0.319 e. The number of nitrogens with one attached hydrogen (secondary N) is 2. The van der Waals surface area contributed by atoms with Gasteiger partial charge in [-0.25, -0.2) is 4.79 Å². The van der Waals surface area contributed by atoms with Gasteiger partial charge < -0.3 is 15.1 Å². The number of carbonyl (C=O) groups excluding carboxylic acids is 3. The molecule has 2 fully saturated rings. The highest BCUT2D eigenvalue weighted by Crippen LogP contribution is 2.25. The van der Waals surface area contributed by atoms with Crippen LogP contribution in [0, 0.1) is 0 Å². The zero-order valence-electron chi connectivity index (χ0n) is 16.5. The number of carbonyl (C=O) groups is 3. The molecule has 9 heteroatoms. The van der Waals surface area contributed by atoms with Crippen LogP contribution in [0.15, 0.2) is 47.1 Å². The summed E-state index contributed by atoms with van der Waals surface area (Å²) in [5, 5.41) is 5.53. The molecule has 2 N–H and O–H groups in total. The Kier molecular flexibility index (Phi) is 6.39. The summed E-state index contributed by atoms with van der Waals surface area (Å²) in [6, 6.07) is 10.7. The largest absolute Gasteiger partial charge is 0.468 e. The predicted molar refractivity (Wildman–Crippen MR) is 114 cm³/mol. The Balaban J connectivity index is 1.30. The van der Waals surface area contributed by atoms with Crippen LogP contribution < -0.4 is 10.6 Å². The van der Waals surface area contributed by atoms with Crippen LogP contribution in [0.1, 0.15) is 30.2 Å². The Labute approximate surface area is 179 Å². The van der Waals surface area contributed by atoms with Gasteiger partial charge in [0.1, 0.15) is 5.76 Å². The van der Waals surface area contributed by atoms with E-state index in [9.17, 15) is 14.4 Å². The Hall–Kier alpha value is -2.78. The topological polar surface area (TPSA) is 94.9 Å². The summed E-state index contributed by atoms with van der Waals surface area (Å²) < 4.78 is 5.57. The third-order valence-corrected chi connectivity index (χ3v) is 6.16. The van der Waals surface area contributed by atoms with Gasteiger partial charge in [-0.05, 0) is 55.8 Å². The van der Waals surface area contributed by atoms with E-state index in [1.165, 1.54) is 4.90 Å². The summed E-state index contributed by atoms with van der Waals surface area (Å²) in [6.07, 6.45) is 3.97. The zero-order chi connectivity index (χ0) is 20.9. The molecule has 2 aliphatic rings. The monoisotopic (exact) mass is 428 g/mol. The summed E-state index contributed by atoms with van der Waals surface area (Å²) >= 11 is 1.02. The first kappa shape index (κ1) is 20.5. The summed E-state index contributed by atoms with van der Waals surface area (Å²) in [5.74, 6) is 0.885. The summed E-state index contributed by atoms with van der Waals surface area (Å²) in [4.78, 5) is 39.4. The van der Waals surface area contributed by atoms with Crippen LogP contribution in [0.5, 0.6) is 0 Å². The summed E-state index contributed by atoms with van der Waals surface area (Å²) in [6.45, 7) is 2.69. The van der Waals surface area contributed by atoms with Crippen LogP contribution in [0.4, 0.5) is 15.3 Å². The molecule has 1 aromatic carbocycles. The van der Waals surface area contributed by atoms with Crippen LogP contribution >= 0.6 is 11.8 Å². The highest BCUT2D eigenvalue weighted by molar-refractivity contribution is 8.14. The normalized spacial score (nSPS) is 18.1. The first-order valence-corrected chi connectivity index (χ1v) is 11.0. The number of anilines is 1. The zero-order valence-corrected chi connectivity index (χ0v) is 17.3. The van der Waals surface area contributed by atoms with E-state index in [2.05, 4.69) is 15.5 Å². The predicted octanol–water partition coefficient (Wildman–Crippen LogP) is 3.43. The van der Waals surface area contributed by atoms with E-state index >= 15 is 0 Å². The molecule has 4 rings (SSSR count). The minimum absolute atomic E-state index is 0.0176. The second kappa shape index (κ2) is 9.36. The Bertz CT molecular complexity index is 878. The maximum absolute atomic E-state index is 12.4. The molecule has 1 aromatic heterocycles. The van der Waals surface area contributed by atoms with Gasteiger partial charge in [-0.2, -0.15) is 0 Å². The molecule has 0 saturated carbocycles. The van der Waals surface area contributed by atoms with Crippen molar-refractivity contribution < 1.29 is 18.8 Å². The Morgan fingerprint density at radius 3 is 2.53 bits per heavy atom. The van der Waals surface area contributed by atoms with Gasteiger partial charge >= 0.3 is 6.03 Å². The molecular formula is C21H24N4O4S. The quantitative estimate of drug-likeness (QED) is 0.702. The lowest BCUT2D eigenvalue weighted by atomic mass is 10.2. The molecule has 1 atom stereocenters. The number of imide groups is 1. The highest BCUT2D eigenvalue weighted by atomic mass is 32.2. The van der Waals surface area contributed by atoms with Crippen LogP contribution in [0.25, 0.3) is 0 Å². The standard InChI is InChI=1S/C21H24N4O4S/c26-19-14-30-21(28)25(19)13-15-5-7-16(8-6-15)23-20(27)22-12-17(18-4-3-11-29-18)24-9-1-2-10-24/h3-8,11,17H,1-2,9-10,12-14H2,(H2,22,23,27).